The summed E-state index contributed by atoms with van der Waals surface area (Å²) in [4.78, 5) is 24.2. The molecule has 1 heterocycles. The van der Waals surface area contributed by atoms with Crippen molar-refractivity contribution in [1.82, 2.24) is 15.0 Å². The van der Waals surface area contributed by atoms with Crippen LogP contribution in [0.15, 0.2) is 57.8 Å². The van der Waals surface area contributed by atoms with E-state index in [-0.39, 0.29) is 12.3 Å². The van der Waals surface area contributed by atoms with Gasteiger partial charge in [0.2, 0.25) is 0 Å². The minimum atomic E-state index is -0.617. The number of esters is 1. The number of methoxy groups -OCH3 is 1. The second kappa shape index (κ2) is 7.92. The zero-order valence-corrected chi connectivity index (χ0v) is 15.3. The minimum Gasteiger partial charge on any atom is -0.496 e. The van der Waals surface area contributed by atoms with Crippen LogP contribution in [0.1, 0.15) is 5.56 Å². The molecule has 7 nitrogen and oxygen atoms in total. The first-order chi connectivity index (χ1) is 12.6. The first-order valence-electron chi connectivity index (χ1n) is 7.59. The number of rotatable bonds is 5. The average Bonchev–Trinajstić information content (AvgIpc) is 2.66. The van der Waals surface area contributed by atoms with E-state index in [2.05, 4.69) is 26.2 Å². The Morgan fingerprint density at radius 1 is 1.27 bits per heavy atom. The van der Waals surface area contributed by atoms with E-state index in [9.17, 15) is 9.59 Å². The van der Waals surface area contributed by atoms with Crippen molar-refractivity contribution in [2.45, 2.75) is 6.73 Å². The van der Waals surface area contributed by atoms with Gasteiger partial charge in [-0.1, -0.05) is 33.3 Å². The molecule has 3 aromatic rings. The predicted molar refractivity (Wildman–Crippen MR) is 99.6 cm³/mol. The summed E-state index contributed by atoms with van der Waals surface area (Å²) >= 11 is 3.36. The highest BCUT2D eigenvalue weighted by atomic mass is 79.9. The van der Waals surface area contributed by atoms with E-state index in [0.717, 1.165) is 9.15 Å². The lowest BCUT2D eigenvalue weighted by molar-refractivity contribution is -0.141. The molecule has 3 rings (SSSR count). The molecule has 132 valence electrons. The molecule has 0 atom stereocenters. The largest absolute Gasteiger partial charge is 0.496 e. The number of aromatic nitrogens is 3. The van der Waals surface area contributed by atoms with Crippen molar-refractivity contribution in [3.8, 4) is 5.75 Å². The molecule has 0 spiro atoms. The number of hydrogen-bond donors (Lipinski definition) is 0. The molecule has 0 aliphatic carbocycles. The van der Waals surface area contributed by atoms with Gasteiger partial charge in [-0.15, -0.1) is 5.10 Å². The van der Waals surface area contributed by atoms with Crippen molar-refractivity contribution in [3.63, 3.8) is 0 Å². The molecule has 0 fully saturated rings. The number of carbonyl (C=O) groups is 1. The number of halogens is 1. The standard InChI is InChI=1S/C18H14BrN3O4/c1-25-16-8-7-13(19)10-12(16)6-9-17(23)26-11-22-18(24)14-4-2-3-5-15(14)20-21-22/h2-10H,11H2,1H3. The first-order valence-corrected chi connectivity index (χ1v) is 8.38. The fourth-order valence-corrected chi connectivity index (χ4v) is 2.65. The molecule has 8 heteroatoms. The molecule has 0 N–H and O–H groups in total. The number of nitrogens with zero attached hydrogens (tertiary/aromatic N) is 3. The SMILES string of the molecule is COc1ccc(Br)cc1C=CC(=O)OCn1nnc2ccccc2c1=O. The molecule has 0 amide bonds. The van der Waals surface area contributed by atoms with Crippen LogP contribution in [-0.4, -0.2) is 28.1 Å². The molecular formula is C18H14BrN3O4. The summed E-state index contributed by atoms with van der Waals surface area (Å²) in [6.07, 6.45) is 2.82. The Morgan fingerprint density at radius 3 is 2.88 bits per heavy atom. The van der Waals surface area contributed by atoms with Gasteiger partial charge in [-0.2, -0.15) is 4.68 Å². The number of fused-ring (bicyclic) bond motifs is 1. The van der Waals surface area contributed by atoms with E-state index in [0.29, 0.717) is 22.2 Å². The highest BCUT2D eigenvalue weighted by Gasteiger charge is 2.07. The smallest absolute Gasteiger partial charge is 0.332 e. The normalized spacial score (nSPS) is 11.0. The minimum absolute atomic E-state index is 0.324. The lowest BCUT2D eigenvalue weighted by atomic mass is 10.2. The summed E-state index contributed by atoms with van der Waals surface area (Å²) in [5.41, 5.74) is 0.823. The maximum absolute atomic E-state index is 12.3. The Labute approximate surface area is 157 Å². The lowest BCUT2D eigenvalue weighted by Crippen LogP contribution is -2.26. The summed E-state index contributed by atoms with van der Waals surface area (Å²) in [6.45, 7) is -0.324. The van der Waals surface area contributed by atoms with Gasteiger partial charge in [0.1, 0.15) is 11.3 Å². The van der Waals surface area contributed by atoms with Gasteiger partial charge in [-0.05, 0) is 36.4 Å². The second-order valence-corrected chi connectivity index (χ2v) is 6.14. The monoisotopic (exact) mass is 415 g/mol. The lowest BCUT2D eigenvalue weighted by Gasteiger charge is -2.06. The molecule has 0 aliphatic heterocycles. The predicted octanol–water partition coefficient (Wildman–Crippen LogP) is 2.78. The number of carbonyl (C=O) groups excluding carboxylic acids is 1. The molecule has 1 aromatic heterocycles. The summed E-state index contributed by atoms with van der Waals surface area (Å²) < 4.78 is 12.1. The fourth-order valence-electron chi connectivity index (χ4n) is 2.27. The summed E-state index contributed by atoms with van der Waals surface area (Å²) in [6, 6.07) is 12.2. The van der Waals surface area contributed by atoms with Crippen molar-refractivity contribution >= 4 is 38.9 Å². The van der Waals surface area contributed by atoms with E-state index >= 15 is 0 Å². The summed E-state index contributed by atoms with van der Waals surface area (Å²) in [5.74, 6) is 0.00255. The third kappa shape index (κ3) is 3.97. The van der Waals surface area contributed by atoms with Crippen LogP contribution in [-0.2, 0) is 16.3 Å². The Kier molecular flexibility index (Phi) is 5.43. The molecule has 2 aromatic carbocycles. The van der Waals surface area contributed by atoms with E-state index in [1.807, 2.05) is 12.1 Å². The van der Waals surface area contributed by atoms with E-state index in [1.165, 1.54) is 6.08 Å². The van der Waals surface area contributed by atoms with Gasteiger partial charge in [0.15, 0.2) is 6.73 Å². The number of hydrogen-bond acceptors (Lipinski definition) is 6. The Bertz CT molecular complexity index is 1050. The zero-order valence-electron chi connectivity index (χ0n) is 13.8. The van der Waals surface area contributed by atoms with Gasteiger partial charge in [-0.3, -0.25) is 4.79 Å². The van der Waals surface area contributed by atoms with Gasteiger partial charge in [0.05, 0.1) is 12.5 Å². The third-order valence-corrected chi connectivity index (χ3v) is 4.04. The second-order valence-electron chi connectivity index (χ2n) is 5.22. The maximum Gasteiger partial charge on any atom is 0.332 e. The van der Waals surface area contributed by atoms with E-state index in [4.69, 9.17) is 9.47 Å². The van der Waals surface area contributed by atoms with Crippen LogP contribution in [0.4, 0.5) is 0 Å². The fraction of sp³-hybridized carbons (Fsp3) is 0.111. The summed E-state index contributed by atoms with van der Waals surface area (Å²) in [5, 5.41) is 8.10. The van der Waals surface area contributed by atoms with Gasteiger partial charge < -0.3 is 9.47 Å². The van der Waals surface area contributed by atoms with Crippen molar-refractivity contribution in [3.05, 3.63) is 68.9 Å². The van der Waals surface area contributed by atoms with Gasteiger partial charge in [0.25, 0.3) is 5.56 Å². The highest BCUT2D eigenvalue weighted by Crippen LogP contribution is 2.24. The van der Waals surface area contributed by atoms with E-state index < -0.39 is 5.97 Å². The van der Waals surface area contributed by atoms with Crippen LogP contribution in [0.5, 0.6) is 5.75 Å². The van der Waals surface area contributed by atoms with Crippen LogP contribution in [0.25, 0.3) is 17.0 Å². The van der Waals surface area contributed by atoms with Crippen molar-refractivity contribution < 1.29 is 14.3 Å². The molecule has 0 saturated carbocycles. The summed E-state index contributed by atoms with van der Waals surface area (Å²) in [7, 11) is 1.55. The molecule has 0 bridgehead atoms. The number of ether oxygens (including phenoxy) is 2. The Morgan fingerprint density at radius 2 is 2.08 bits per heavy atom. The number of benzene rings is 2. The van der Waals surface area contributed by atoms with Crippen LogP contribution >= 0.6 is 15.9 Å². The van der Waals surface area contributed by atoms with Crippen molar-refractivity contribution in [2.24, 2.45) is 0 Å². The third-order valence-electron chi connectivity index (χ3n) is 3.55. The van der Waals surface area contributed by atoms with Gasteiger partial charge >= 0.3 is 5.97 Å². The van der Waals surface area contributed by atoms with Crippen molar-refractivity contribution in [1.29, 1.82) is 0 Å². The quantitative estimate of drug-likeness (QED) is 0.470. The van der Waals surface area contributed by atoms with Crippen LogP contribution in [0.2, 0.25) is 0 Å². The Balaban J connectivity index is 1.71. The van der Waals surface area contributed by atoms with Crippen LogP contribution in [0.3, 0.4) is 0 Å². The molecule has 26 heavy (non-hydrogen) atoms. The first kappa shape index (κ1) is 17.8. The van der Waals surface area contributed by atoms with Crippen LogP contribution in [0, 0.1) is 0 Å². The van der Waals surface area contributed by atoms with E-state index in [1.54, 1.807) is 43.5 Å². The molecule has 0 saturated heterocycles. The van der Waals surface area contributed by atoms with Crippen LogP contribution < -0.4 is 10.3 Å². The molecule has 0 aliphatic rings. The molecule has 0 unspecified atom stereocenters. The van der Waals surface area contributed by atoms with Gasteiger partial charge in [0, 0.05) is 16.1 Å². The van der Waals surface area contributed by atoms with Crippen molar-refractivity contribution in [2.75, 3.05) is 7.11 Å². The average molecular weight is 416 g/mol. The maximum atomic E-state index is 12.3. The zero-order chi connectivity index (χ0) is 18.5. The van der Waals surface area contributed by atoms with Gasteiger partial charge in [-0.25, -0.2) is 4.79 Å². The molecular weight excluding hydrogens is 402 g/mol. The molecule has 0 radical (unpaired) electrons. The topological polar surface area (TPSA) is 83.3 Å². The highest BCUT2D eigenvalue weighted by molar-refractivity contribution is 9.10. The Hall–Kier alpha value is -3.00.